The van der Waals surface area contributed by atoms with Gasteiger partial charge in [0.1, 0.15) is 0 Å². The summed E-state index contributed by atoms with van der Waals surface area (Å²) < 4.78 is 0. The Labute approximate surface area is 158 Å². The normalized spacial score (nSPS) is 22.1. The van der Waals surface area contributed by atoms with E-state index in [1.54, 1.807) is 0 Å². The van der Waals surface area contributed by atoms with Gasteiger partial charge < -0.3 is 0 Å². The Morgan fingerprint density at radius 2 is 1.46 bits per heavy atom. The Bertz CT molecular complexity index is 685. The molecule has 3 aliphatic carbocycles. The van der Waals surface area contributed by atoms with E-state index in [4.69, 9.17) is 0 Å². The monoisotopic (exact) mass is 352 g/mol. The van der Waals surface area contributed by atoms with Crippen molar-refractivity contribution in [2.75, 3.05) is 0 Å². The van der Waals surface area contributed by atoms with E-state index in [2.05, 4.69) is 64.0 Å². The molecule has 0 saturated heterocycles. The molecule has 0 spiro atoms. The highest BCUT2D eigenvalue weighted by Gasteiger charge is 2.52. The molecule has 1 aromatic rings. The molecule has 4 heteroatoms. The SMILES string of the molecule is CC(C)N=C=NC1C2CC1C2.Cc1cccc(C)c1CN=C=NC(C)C. The van der Waals surface area contributed by atoms with Crippen LogP contribution in [0.4, 0.5) is 0 Å². The molecule has 3 aliphatic rings. The van der Waals surface area contributed by atoms with Crippen LogP contribution < -0.4 is 0 Å². The van der Waals surface area contributed by atoms with Gasteiger partial charge >= 0.3 is 0 Å². The second-order valence-electron chi connectivity index (χ2n) is 7.94. The number of nitrogens with zero attached hydrogens (tertiary/aromatic N) is 4. The van der Waals surface area contributed by atoms with Gasteiger partial charge in [0.15, 0.2) is 0 Å². The molecule has 0 amide bonds. The van der Waals surface area contributed by atoms with Crippen LogP contribution in [0.1, 0.15) is 57.2 Å². The van der Waals surface area contributed by atoms with Gasteiger partial charge in [0.25, 0.3) is 0 Å². The fourth-order valence-electron chi connectivity index (χ4n) is 3.05. The van der Waals surface area contributed by atoms with Crippen LogP contribution in [0.3, 0.4) is 0 Å². The van der Waals surface area contributed by atoms with Gasteiger partial charge in [-0.1, -0.05) is 18.2 Å². The van der Waals surface area contributed by atoms with Gasteiger partial charge in [-0.05, 0) is 82.9 Å². The molecule has 0 unspecified atom stereocenters. The van der Waals surface area contributed by atoms with Crippen molar-refractivity contribution in [2.45, 2.75) is 79.1 Å². The van der Waals surface area contributed by atoms with Crippen molar-refractivity contribution in [1.82, 2.24) is 0 Å². The summed E-state index contributed by atoms with van der Waals surface area (Å²) in [6.07, 6.45) is 2.83. The second-order valence-corrected chi connectivity index (χ2v) is 7.94. The Balaban J connectivity index is 0.000000195. The minimum atomic E-state index is 0.270. The minimum absolute atomic E-state index is 0.270. The maximum absolute atomic E-state index is 4.28. The Morgan fingerprint density at radius 1 is 0.923 bits per heavy atom. The third-order valence-electron chi connectivity index (χ3n) is 4.97. The van der Waals surface area contributed by atoms with Crippen molar-refractivity contribution in [2.24, 2.45) is 31.8 Å². The largest absolute Gasteiger partial charge is 0.223 e. The fourth-order valence-corrected chi connectivity index (χ4v) is 3.05. The second kappa shape index (κ2) is 9.62. The minimum Gasteiger partial charge on any atom is -0.223 e. The van der Waals surface area contributed by atoms with Gasteiger partial charge in [-0.15, -0.1) is 0 Å². The van der Waals surface area contributed by atoms with E-state index >= 15 is 0 Å². The number of hydrogen-bond acceptors (Lipinski definition) is 4. The number of aryl methyl sites for hydroxylation is 2. The Hall–Kier alpha value is -2.02. The molecule has 0 heterocycles. The van der Waals surface area contributed by atoms with Crippen molar-refractivity contribution in [1.29, 1.82) is 0 Å². The molecular formula is C22H32N4. The summed E-state index contributed by atoms with van der Waals surface area (Å²) in [5.41, 5.74) is 3.85. The van der Waals surface area contributed by atoms with Gasteiger partial charge in [0, 0.05) is 0 Å². The van der Waals surface area contributed by atoms with Crippen LogP contribution in [0, 0.1) is 25.7 Å². The van der Waals surface area contributed by atoms with Gasteiger partial charge in [0.05, 0.1) is 36.7 Å². The van der Waals surface area contributed by atoms with Crippen LogP contribution in [0.15, 0.2) is 38.2 Å². The van der Waals surface area contributed by atoms with E-state index in [9.17, 15) is 0 Å². The third kappa shape index (κ3) is 5.76. The zero-order valence-corrected chi connectivity index (χ0v) is 17.0. The van der Waals surface area contributed by atoms with Crippen LogP contribution in [0.5, 0.6) is 0 Å². The third-order valence-corrected chi connectivity index (χ3v) is 4.97. The average molecular weight is 353 g/mol. The standard InChI is InChI=1S/C13H18N2.C9H14N2/c1-10(2)15-9-14-8-13-11(3)6-5-7-12(13)4;1-6(2)10-5-11-9-7-3-8(9)4-7/h5-7,10H,8H2,1-4H3;6-9H,3-4H2,1-2H3. The topological polar surface area (TPSA) is 49.4 Å². The highest BCUT2D eigenvalue weighted by molar-refractivity contribution is 5.43. The zero-order chi connectivity index (χ0) is 19.1. The summed E-state index contributed by atoms with van der Waals surface area (Å²) in [7, 11) is 0. The number of aliphatic imine (C=N–C) groups is 4. The molecule has 3 saturated carbocycles. The number of rotatable bonds is 5. The molecule has 2 bridgehead atoms. The maximum atomic E-state index is 4.28. The summed E-state index contributed by atoms with van der Waals surface area (Å²) in [5, 5.41) is 0. The predicted molar refractivity (Wildman–Crippen MR) is 110 cm³/mol. The molecule has 0 radical (unpaired) electrons. The molecule has 1 aromatic carbocycles. The highest BCUT2D eigenvalue weighted by atomic mass is 14.9. The quantitative estimate of drug-likeness (QED) is 0.640. The molecule has 0 aliphatic heterocycles. The molecule has 3 fully saturated rings. The number of benzene rings is 1. The molecule has 4 nitrogen and oxygen atoms in total. The summed E-state index contributed by atoms with van der Waals surface area (Å²) in [4.78, 5) is 16.6. The molecular weight excluding hydrogens is 320 g/mol. The summed E-state index contributed by atoms with van der Waals surface area (Å²) in [6.45, 7) is 13.0. The van der Waals surface area contributed by atoms with Gasteiger partial charge in [-0.2, -0.15) is 0 Å². The van der Waals surface area contributed by atoms with E-state index in [1.165, 1.54) is 29.5 Å². The van der Waals surface area contributed by atoms with Crippen molar-refractivity contribution < 1.29 is 0 Å². The van der Waals surface area contributed by atoms with E-state index in [-0.39, 0.29) is 6.04 Å². The van der Waals surface area contributed by atoms with Gasteiger partial charge in [-0.25, -0.2) is 20.0 Å². The highest BCUT2D eigenvalue weighted by Crippen LogP contribution is 2.55. The first-order valence-electron chi connectivity index (χ1n) is 9.69. The summed E-state index contributed by atoms with van der Waals surface area (Å²) >= 11 is 0. The van der Waals surface area contributed by atoms with Crippen LogP contribution >= 0.6 is 0 Å². The first-order chi connectivity index (χ1) is 12.4. The smallest absolute Gasteiger partial charge is 0.0898 e. The van der Waals surface area contributed by atoms with Crippen LogP contribution in [0.2, 0.25) is 0 Å². The lowest BCUT2D eigenvalue weighted by molar-refractivity contribution is -0.0150. The first kappa shape index (κ1) is 20.3. The molecule has 140 valence electrons. The van der Waals surface area contributed by atoms with Gasteiger partial charge in [0.2, 0.25) is 0 Å². The lowest BCUT2D eigenvalue weighted by atomic mass is 9.52. The zero-order valence-electron chi connectivity index (χ0n) is 17.0. The molecule has 26 heavy (non-hydrogen) atoms. The molecule has 0 N–H and O–H groups in total. The van der Waals surface area contributed by atoms with Crippen LogP contribution in [0.25, 0.3) is 0 Å². The van der Waals surface area contributed by atoms with E-state index in [0.29, 0.717) is 18.6 Å². The van der Waals surface area contributed by atoms with Crippen molar-refractivity contribution >= 4 is 12.0 Å². The lowest BCUT2D eigenvalue weighted by Gasteiger charge is -2.55. The van der Waals surface area contributed by atoms with Gasteiger partial charge in [-0.3, -0.25) is 0 Å². The van der Waals surface area contributed by atoms with E-state index in [0.717, 1.165) is 11.8 Å². The van der Waals surface area contributed by atoms with E-state index in [1.807, 2.05) is 27.7 Å². The Morgan fingerprint density at radius 3 is 1.92 bits per heavy atom. The van der Waals surface area contributed by atoms with Crippen molar-refractivity contribution in [3.05, 3.63) is 34.9 Å². The summed E-state index contributed by atoms with van der Waals surface area (Å²) in [6, 6.07) is 13.0. The van der Waals surface area contributed by atoms with Crippen molar-refractivity contribution in [3.63, 3.8) is 0 Å². The van der Waals surface area contributed by atoms with Crippen LogP contribution in [-0.4, -0.2) is 30.1 Å². The Kier molecular flexibility index (Phi) is 7.50. The molecule has 0 atom stereocenters. The van der Waals surface area contributed by atoms with Crippen LogP contribution in [-0.2, 0) is 6.54 Å². The fraction of sp³-hybridized carbons (Fsp3) is 0.636. The number of hydrogen-bond donors (Lipinski definition) is 0. The molecule has 0 aromatic heterocycles. The molecule has 4 rings (SSSR count). The maximum Gasteiger partial charge on any atom is 0.0898 e. The average Bonchev–Trinajstić information content (AvgIpc) is 2.48. The van der Waals surface area contributed by atoms with E-state index < -0.39 is 0 Å². The van der Waals surface area contributed by atoms with Crippen molar-refractivity contribution in [3.8, 4) is 0 Å². The first-order valence-corrected chi connectivity index (χ1v) is 9.69. The lowest BCUT2D eigenvalue weighted by Crippen LogP contribution is -2.53. The summed E-state index contributed by atoms with van der Waals surface area (Å²) in [5.74, 6) is 1.80. The predicted octanol–water partition coefficient (Wildman–Crippen LogP) is 5.36.